The van der Waals surface area contributed by atoms with Crippen molar-refractivity contribution in [2.24, 2.45) is 0 Å². The molecule has 0 saturated carbocycles. The fourth-order valence-corrected chi connectivity index (χ4v) is 3.50. The molecule has 134 valence electrons. The van der Waals surface area contributed by atoms with Gasteiger partial charge in [-0.15, -0.1) is 5.10 Å². The first-order valence-electron chi connectivity index (χ1n) is 7.97. The molecule has 1 heterocycles. The van der Waals surface area contributed by atoms with E-state index >= 15 is 0 Å². The minimum Gasteiger partial charge on any atom is -0.407 e. The summed E-state index contributed by atoms with van der Waals surface area (Å²) in [5.74, 6) is -0.786. The van der Waals surface area contributed by atoms with Crippen LogP contribution in [0.5, 0.6) is 0 Å². The van der Waals surface area contributed by atoms with E-state index in [1.807, 2.05) is 30.3 Å². The molecule has 0 fully saturated rings. The topological polar surface area (TPSA) is 102 Å². The molecule has 1 N–H and O–H groups in total. The summed E-state index contributed by atoms with van der Waals surface area (Å²) in [5, 5.41) is 9.85. The minimum atomic E-state index is -3.58. The highest BCUT2D eigenvalue weighted by molar-refractivity contribution is 7.90. The van der Waals surface area contributed by atoms with Crippen molar-refractivity contribution in [1.29, 1.82) is 0 Å². The van der Waals surface area contributed by atoms with Crippen molar-refractivity contribution in [1.82, 2.24) is 10.2 Å². The van der Waals surface area contributed by atoms with E-state index in [2.05, 4.69) is 15.5 Å². The Kier molecular flexibility index (Phi) is 5.43. The first kappa shape index (κ1) is 17.8. The Hall–Kier alpha value is -3.00. The fourth-order valence-electron chi connectivity index (χ4n) is 2.32. The van der Waals surface area contributed by atoms with Gasteiger partial charge in [0.15, 0.2) is 9.84 Å². The third-order valence-corrected chi connectivity index (χ3v) is 5.23. The van der Waals surface area contributed by atoms with E-state index < -0.39 is 15.6 Å². The van der Waals surface area contributed by atoms with E-state index in [-0.39, 0.29) is 29.1 Å². The number of aromatic nitrogens is 2. The lowest BCUT2D eigenvalue weighted by atomic mass is 10.1. The molecule has 0 atom stereocenters. The largest absolute Gasteiger partial charge is 0.407 e. The zero-order valence-electron chi connectivity index (χ0n) is 13.8. The molecule has 1 aromatic heterocycles. The van der Waals surface area contributed by atoms with Crippen LogP contribution in [0.15, 0.2) is 70.0 Å². The predicted octanol–water partition coefficient (Wildman–Crippen LogP) is 2.61. The lowest BCUT2D eigenvalue weighted by Gasteiger charge is -2.02. The number of benzene rings is 2. The molecule has 0 saturated heterocycles. The zero-order valence-corrected chi connectivity index (χ0v) is 14.6. The number of anilines is 1. The smallest absolute Gasteiger partial charge is 0.322 e. The average Bonchev–Trinajstić information content (AvgIpc) is 3.07. The molecule has 3 aromatic rings. The maximum atomic E-state index is 12.3. The Morgan fingerprint density at radius 1 is 0.962 bits per heavy atom. The molecule has 26 heavy (non-hydrogen) atoms. The van der Waals surface area contributed by atoms with Gasteiger partial charge in [-0.25, -0.2) is 8.42 Å². The van der Waals surface area contributed by atoms with E-state index in [4.69, 9.17) is 4.42 Å². The number of nitrogens with one attached hydrogen (secondary N) is 1. The summed E-state index contributed by atoms with van der Waals surface area (Å²) in [6.45, 7) is 0. The average molecular weight is 371 g/mol. The standard InChI is InChI=1S/C18H17N3O4S/c22-16(12-11-14-7-3-1-4-8-14)19-18-21-20-17(25-18)13-26(23,24)15-9-5-2-6-10-15/h1-10H,11-13H2,(H,19,21,22). The van der Waals surface area contributed by atoms with Crippen LogP contribution in [0.3, 0.4) is 0 Å². The third kappa shape index (κ3) is 4.76. The highest BCUT2D eigenvalue weighted by Gasteiger charge is 2.19. The molecule has 0 unspecified atom stereocenters. The van der Waals surface area contributed by atoms with Gasteiger partial charge in [0.25, 0.3) is 0 Å². The molecule has 0 aliphatic rings. The Balaban J connectivity index is 1.57. The molecular weight excluding hydrogens is 354 g/mol. The first-order chi connectivity index (χ1) is 12.5. The Morgan fingerprint density at radius 3 is 2.31 bits per heavy atom. The number of carbonyl (C=O) groups is 1. The second-order valence-electron chi connectivity index (χ2n) is 5.61. The summed E-state index contributed by atoms with van der Waals surface area (Å²) in [5.41, 5.74) is 1.04. The van der Waals surface area contributed by atoms with Crippen molar-refractivity contribution >= 4 is 21.8 Å². The number of sulfone groups is 1. The quantitative estimate of drug-likeness (QED) is 0.685. The molecule has 8 heteroatoms. The number of amides is 1. The fraction of sp³-hybridized carbons (Fsp3) is 0.167. The van der Waals surface area contributed by atoms with Gasteiger partial charge in [0, 0.05) is 6.42 Å². The van der Waals surface area contributed by atoms with Crippen LogP contribution in [0.4, 0.5) is 6.01 Å². The van der Waals surface area contributed by atoms with E-state index in [9.17, 15) is 13.2 Å². The summed E-state index contributed by atoms with van der Waals surface area (Å²) in [6, 6.07) is 17.5. The second-order valence-corrected chi connectivity index (χ2v) is 7.60. The van der Waals surface area contributed by atoms with Crippen LogP contribution in [0.1, 0.15) is 17.9 Å². The highest BCUT2D eigenvalue weighted by Crippen LogP contribution is 2.16. The van der Waals surface area contributed by atoms with Gasteiger partial charge in [-0.3, -0.25) is 10.1 Å². The minimum absolute atomic E-state index is 0.0767. The Labute approximate surface area is 151 Å². The number of nitrogens with zero attached hydrogens (tertiary/aromatic N) is 2. The van der Waals surface area contributed by atoms with E-state index in [1.165, 1.54) is 12.1 Å². The van der Waals surface area contributed by atoms with Gasteiger partial charge in [0.1, 0.15) is 5.75 Å². The lowest BCUT2D eigenvalue weighted by Crippen LogP contribution is -2.12. The molecule has 0 spiro atoms. The first-order valence-corrected chi connectivity index (χ1v) is 9.62. The van der Waals surface area contributed by atoms with Gasteiger partial charge in [-0.2, -0.15) is 0 Å². The van der Waals surface area contributed by atoms with E-state index in [0.717, 1.165) is 5.56 Å². The van der Waals surface area contributed by atoms with Crippen molar-refractivity contribution in [3.63, 3.8) is 0 Å². The van der Waals surface area contributed by atoms with Crippen molar-refractivity contribution in [3.05, 3.63) is 72.1 Å². The molecule has 2 aromatic carbocycles. The van der Waals surface area contributed by atoms with Crippen LogP contribution in [0.25, 0.3) is 0 Å². The monoisotopic (exact) mass is 371 g/mol. The SMILES string of the molecule is O=C(CCc1ccccc1)Nc1nnc(CS(=O)(=O)c2ccccc2)o1. The third-order valence-electron chi connectivity index (χ3n) is 3.61. The summed E-state index contributed by atoms with van der Waals surface area (Å²) in [6.07, 6.45) is 0.833. The summed E-state index contributed by atoms with van der Waals surface area (Å²) < 4.78 is 29.8. The van der Waals surface area contributed by atoms with Crippen LogP contribution in [-0.2, 0) is 26.8 Å². The second kappa shape index (κ2) is 7.92. The number of aryl methyl sites for hydroxylation is 1. The maximum absolute atomic E-state index is 12.3. The lowest BCUT2D eigenvalue weighted by molar-refractivity contribution is -0.116. The van der Waals surface area contributed by atoms with Crippen LogP contribution in [0.2, 0.25) is 0 Å². The number of carbonyl (C=O) groups excluding carboxylic acids is 1. The molecule has 7 nitrogen and oxygen atoms in total. The molecule has 1 amide bonds. The molecule has 0 aliphatic carbocycles. The molecule has 3 rings (SSSR count). The van der Waals surface area contributed by atoms with Gasteiger partial charge in [-0.1, -0.05) is 53.6 Å². The summed E-state index contributed by atoms with van der Waals surface area (Å²) in [7, 11) is -3.58. The van der Waals surface area contributed by atoms with Crippen LogP contribution in [0, 0.1) is 0 Å². The van der Waals surface area contributed by atoms with Gasteiger partial charge in [0.2, 0.25) is 11.8 Å². The molecule has 0 bridgehead atoms. The summed E-state index contributed by atoms with van der Waals surface area (Å²) in [4.78, 5) is 12.1. The summed E-state index contributed by atoms with van der Waals surface area (Å²) >= 11 is 0. The maximum Gasteiger partial charge on any atom is 0.322 e. The molecule has 0 aliphatic heterocycles. The number of hydrogen-bond acceptors (Lipinski definition) is 6. The van der Waals surface area contributed by atoms with Gasteiger partial charge in [-0.05, 0) is 24.1 Å². The Bertz CT molecular complexity index is 970. The van der Waals surface area contributed by atoms with Crippen LogP contribution >= 0.6 is 0 Å². The van der Waals surface area contributed by atoms with E-state index in [0.29, 0.717) is 6.42 Å². The normalized spacial score (nSPS) is 11.2. The molecular formula is C18H17N3O4S. The number of rotatable bonds is 7. The van der Waals surface area contributed by atoms with Crippen molar-refractivity contribution in [3.8, 4) is 0 Å². The van der Waals surface area contributed by atoms with Crippen molar-refractivity contribution < 1.29 is 17.6 Å². The Morgan fingerprint density at radius 2 is 1.62 bits per heavy atom. The van der Waals surface area contributed by atoms with Crippen LogP contribution in [-0.4, -0.2) is 24.5 Å². The molecule has 0 radical (unpaired) electrons. The predicted molar refractivity (Wildman–Crippen MR) is 95.0 cm³/mol. The van der Waals surface area contributed by atoms with Gasteiger partial charge >= 0.3 is 6.01 Å². The van der Waals surface area contributed by atoms with Crippen LogP contribution < -0.4 is 5.32 Å². The van der Waals surface area contributed by atoms with Crippen molar-refractivity contribution in [2.75, 3.05) is 5.32 Å². The number of hydrogen-bond donors (Lipinski definition) is 1. The van der Waals surface area contributed by atoms with Gasteiger partial charge < -0.3 is 4.42 Å². The highest BCUT2D eigenvalue weighted by atomic mass is 32.2. The van der Waals surface area contributed by atoms with Gasteiger partial charge in [0.05, 0.1) is 4.90 Å². The zero-order chi connectivity index (χ0) is 18.4. The van der Waals surface area contributed by atoms with Crippen molar-refractivity contribution in [2.45, 2.75) is 23.5 Å². The van der Waals surface area contributed by atoms with E-state index in [1.54, 1.807) is 18.2 Å².